The van der Waals surface area contributed by atoms with Crippen LogP contribution in [0.3, 0.4) is 0 Å². The van der Waals surface area contributed by atoms with Crippen molar-refractivity contribution in [3.8, 4) is 17.2 Å². The van der Waals surface area contributed by atoms with Crippen molar-refractivity contribution in [1.29, 1.82) is 0 Å². The van der Waals surface area contributed by atoms with Gasteiger partial charge in [-0.05, 0) is 11.3 Å². The number of nitrogens with one attached hydrogen (secondary N) is 2. The first-order valence-electron chi connectivity index (χ1n) is 4.84. The highest BCUT2D eigenvalue weighted by Crippen LogP contribution is 2.37. The number of phenolic OH excluding ortho intramolecular Hbond substituents is 3. The molecule has 19 heavy (non-hydrogen) atoms. The van der Waals surface area contributed by atoms with Gasteiger partial charge in [0.1, 0.15) is 29.1 Å². The Kier molecular flexibility index (Phi) is 3.25. The molecule has 0 saturated heterocycles. The maximum Gasteiger partial charge on any atom is 0.345 e. The van der Waals surface area contributed by atoms with E-state index in [0.29, 0.717) is 0 Å². The standard InChI is InChI=1S/C9H8N4O5S/c14-4-1-5(15)8(6(16)2-4)11-12-9-10-3-7(19-9)13(17)18/h1-3,11,14-16H,(H,10,12). The van der Waals surface area contributed by atoms with Crippen molar-refractivity contribution < 1.29 is 20.2 Å². The highest BCUT2D eigenvalue weighted by molar-refractivity contribution is 7.18. The highest BCUT2D eigenvalue weighted by atomic mass is 32.1. The smallest absolute Gasteiger partial charge is 0.345 e. The zero-order chi connectivity index (χ0) is 14.0. The first kappa shape index (κ1) is 12.7. The SMILES string of the molecule is O=[N+]([O-])c1cnc(NNc2c(O)cc(O)cc2O)s1. The molecule has 0 atom stereocenters. The first-order valence-corrected chi connectivity index (χ1v) is 5.66. The average molecular weight is 284 g/mol. The normalized spacial score (nSPS) is 10.1. The molecule has 2 aromatic rings. The minimum Gasteiger partial charge on any atom is -0.508 e. The molecule has 0 aliphatic heterocycles. The molecule has 100 valence electrons. The lowest BCUT2D eigenvalue weighted by atomic mass is 10.2. The Morgan fingerprint density at radius 2 is 1.84 bits per heavy atom. The van der Waals surface area contributed by atoms with E-state index < -0.39 is 16.4 Å². The van der Waals surface area contributed by atoms with Crippen LogP contribution in [0.25, 0.3) is 0 Å². The van der Waals surface area contributed by atoms with Crippen LogP contribution in [0.1, 0.15) is 0 Å². The predicted octanol–water partition coefficient (Wildman–Crippen LogP) is 1.61. The van der Waals surface area contributed by atoms with E-state index in [1.54, 1.807) is 0 Å². The lowest BCUT2D eigenvalue weighted by molar-refractivity contribution is -0.380. The molecular weight excluding hydrogens is 276 g/mol. The van der Waals surface area contributed by atoms with Crippen molar-refractivity contribution in [2.24, 2.45) is 0 Å². The van der Waals surface area contributed by atoms with E-state index >= 15 is 0 Å². The number of aromatic hydroxyl groups is 3. The van der Waals surface area contributed by atoms with Gasteiger partial charge in [0.05, 0.1) is 4.92 Å². The van der Waals surface area contributed by atoms with Crippen LogP contribution in [0.15, 0.2) is 18.3 Å². The van der Waals surface area contributed by atoms with E-state index in [9.17, 15) is 20.3 Å². The summed E-state index contributed by atoms with van der Waals surface area (Å²) in [5.41, 5.74) is 4.84. The third kappa shape index (κ3) is 2.74. The number of hydrazine groups is 1. The number of phenols is 3. The molecule has 0 saturated carbocycles. The minimum absolute atomic E-state index is 0.0874. The van der Waals surface area contributed by atoms with Crippen molar-refractivity contribution in [3.63, 3.8) is 0 Å². The maximum atomic E-state index is 10.5. The first-order chi connectivity index (χ1) is 8.97. The summed E-state index contributed by atoms with van der Waals surface area (Å²) >= 11 is 0.779. The summed E-state index contributed by atoms with van der Waals surface area (Å²) in [7, 11) is 0. The van der Waals surface area contributed by atoms with E-state index in [-0.39, 0.29) is 21.6 Å². The molecule has 0 fully saturated rings. The second-order valence-electron chi connectivity index (χ2n) is 3.37. The summed E-state index contributed by atoms with van der Waals surface area (Å²) in [4.78, 5) is 13.6. The summed E-state index contributed by atoms with van der Waals surface area (Å²) in [5.74, 6) is -1.09. The van der Waals surface area contributed by atoms with Crippen LogP contribution in [0, 0.1) is 10.1 Å². The van der Waals surface area contributed by atoms with Crippen LogP contribution < -0.4 is 10.9 Å². The fourth-order valence-electron chi connectivity index (χ4n) is 1.25. The molecule has 2 rings (SSSR count). The van der Waals surface area contributed by atoms with Crippen molar-refractivity contribution in [2.75, 3.05) is 10.9 Å². The second kappa shape index (κ2) is 4.86. The van der Waals surface area contributed by atoms with E-state index in [4.69, 9.17) is 5.11 Å². The van der Waals surface area contributed by atoms with Crippen LogP contribution in [-0.2, 0) is 0 Å². The molecule has 0 radical (unpaired) electrons. The summed E-state index contributed by atoms with van der Waals surface area (Å²) in [6, 6.07) is 2.04. The van der Waals surface area contributed by atoms with Crippen molar-refractivity contribution >= 4 is 27.2 Å². The van der Waals surface area contributed by atoms with Gasteiger partial charge in [-0.1, -0.05) is 0 Å². The predicted molar refractivity (Wildman–Crippen MR) is 67.5 cm³/mol. The molecule has 0 unspecified atom stereocenters. The number of rotatable bonds is 4. The van der Waals surface area contributed by atoms with Gasteiger partial charge in [0.25, 0.3) is 0 Å². The number of hydrogen-bond donors (Lipinski definition) is 5. The Hall–Kier alpha value is -2.75. The van der Waals surface area contributed by atoms with Gasteiger partial charge in [0.15, 0.2) is 0 Å². The fourth-order valence-corrected chi connectivity index (χ4v) is 1.83. The Bertz CT molecular complexity index is 606. The number of benzene rings is 1. The fraction of sp³-hybridized carbons (Fsp3) is 0. The van der Waals surface area contributed by atoms with Gasteiger partial charge in [-0.25, -0.2) is 4.98 Å². The van der Waals surface area contributed by atoms with Gasteiger partial charge in [0.2, 0.25) is 5.13 Å². The van der Waals surface area contributed by atoms with E-state index in [2.05, 4.69) is 15.8 Å². The minimum atomic E-state index is -0.585. The van der Waals surface area contributed by atoms with Crippen molar-refractivity contribution in [3.05, 3.63) is 28.4 Å². The number of nitro groups is 1. The van der Waals surface area contributed by atoms with Crippen LogP contribution in [0.4, 0.5) is 15.8 Å². The molecule has 1 aromatic heterocycles. The number of thiazole rings is 1. The molecule has 0 spiro atoms. The monoisotopic (exact) mass is 284 g/mol. The largest absolute Gasteiger partial charge is 0.508 e. The molecule has 10 heteroatoms. The Morgan fingerprint density at radius 3 is 2.37 bits per heavy atom. The van der Waals surface area contributed by atoms with E-state index in [1.807, 2.05) is 0 Å². The number of hydrogen-bond acceptors (Lipinski definition) is 9. The lowest BCUT2D eigenvalue weighted by Gasteiger charge is -2.10. The van der Waals surface area contributed by atoms with E-state index in [0.717, 1.165) is 29.7 Å². The summed E-state index contributed by atoms with van der Waals surface area (Å²) < 4.78 is 0. The van der Waals surface area contributed by atoms with Gasteiger partial charge in [-0.2, -0.15) is 0 Å². The molecule has 1 aromatic carbocycles. The molecule has 0 amide bonds. The molecule has 5 N–H and O–H groups in total. The van der Waals surface area contributed by atoms with E-state index in [1.165, 1.54) is 0 Å². The number of anilines is 2. The molecule has 0 aliphatic carbocycles. The molecule has 0 bridgehead atoms. The topological polar surface area (TPSA) is 141 Å². The summed E-state index contributed by atoms with van der Waals surface area (Å²) in [6.07, 6.45) is 1.07. The molecule has 1 heterocycles. The zero-order valence-corrected chi connectivity index (χ0v) is 10.0. The Balaban J connectivity index is 2.12. The van der Waals surface area contributed by atoms with Crippen LogP contribution in [0.2, 0.25) is 0 Å². The second-order valence-corrected chi connectivity index (χ2v) is 4.38. The summed E-state index contributed by atoms with van der Waals surface area (Å²) in [6.45, 7) is 0. The van der Waals surface area contributed by atoms with Gasteiger partial charge >= 0.3 is 5.00 Å². The zero-order valence-electron chi connectivity index (χ0n) is 9.19. The highest BCUT2D eigenvalue weighted by Gasteiger charge is 2.13. The Morgan fingerprint density at radius 1 is 1.21 bits per heavy atom. The van der Waals surface area contributed by atoms with Gasteiger partial charge in [0, 0.05) is 12.1 Å². The van der Waals surface area contributed by atoms with Gasteiger partial charge in [-0.15, -0.1) is 0 Å². The van der Waals surface area contributed by atoms with Gasteiger partial charge in [-0.3, -0.25) is 21.0 Å². The molecule has 0 aliphatic rings. The van der Waals surface area contributed by atoms with Crippen LogP contribution >= 0.6 is 11.3 Å². The third-order valence-electron chi connectivity index (χ3n) is 2.05. The van der Waals surface area contributed by atoms with Crippen LogP contribution in [0.5, 0.6) is 17.2 Å². The Labute approximate surface area is 109 Å². The summed E-state index contributed by atoms with van der Waals surface area (Å²) in [5, 5.41) is 38.6. The van der Waals surface area contributed by atoms with Gasteiger partial charge < -0.3 is 15.3 Å². The third-order valence-corrected chi connectivity index (χ3v) is 2.91. The molecule has 9 nitrogen and oxygen atoms in total. The maximum absolute atomic E-state index is 10.5. The number of aromatic nitrogens is 1. The van der Waals surface area contributed by atoms with Crippen molar-refractivity contribution in [2.45, 2.75) is 0 Å². The lowest BCUT2D eigenvalue weighted by Crippen LogP contribution is -2.08. The van der Waals surface area contributed by atoms with Crippen molar-refractivity contribution in [1.82, 2.24) is 4.98 Å². The van der Waals surface area contributed by atoms with Crippen LogP contribution in [-0.4, -0.2) is 25.2 Å². The number of nitrogens with zero attached hydrogens (tertiary/aromatic N) is 2. The quantitative estimate of drug-likeness (QED) is 0.247. The molecular formula is C9H8N4O5S. The average Bonchev–Trinajstić information content (AvgIpc) is 2.76.